The number of carbonyl (C=O) groups is 1. The van der Waals surface area contributed by atoms with Crippen LogP contribution in [0.15, 0.2) is 60.8 Å². The molecule has 0 saturated carbocycles. The molecule has 3 rings (SSSR count). The normalized spacial score (nSPS) is 10.0. The smallest absolute Gasteiger partial charge is 0.407 e. The van der Waals surface area contributed by atoms with Crippen LogP contribution in [0.1, 0.15) is 17.5 Å². The van der Waals surface area contributed by atoms with Gasteiger partial charge in [0.2, 0.25) is 0 Å². The maximum Gasteiger partial charge on any atom is 0.407 e. The van der Waals surface area contributed by atoms with E-state index in [1.807, 2.05) is 60.8 Å². The fraction of sp³-hybridized carbons (Fsp3) is 0.150. The number of hydrogen-bond donors (Lipinski definition) is 2. The molecule has 0 spiro atoms. The zero-order valence-electron chi connectivity index (χ0n) is 13.2. The van der Waals surface area contributed by atoms with Crippen molar-refractivity contribution >= 4 is 17.0 Å². The van der Waals surface area contributed by atoms with E-state index in [1.54, 1.807) is 0 Å². The summed E-state index contributed by atoms with van der Waals surface area (Å²) in [5.74, 6) is 6.20. The van der Waals surface area contributed by atoms with Gasteiger partial charge < -0.3 is 15.0 Å². The van der Waals surface area contributed by atoms with Crippen LogP contribution in [0, 0.1) is 11.8 Å². The molecule has 1 aromatic heterocycles. The minimum atomic E-state index is -0.424. The minimum absolute atomic E-state index is 0.271. The van der Waals surface area contributed by atoms with Crippen molar-refractivity contribution in [3.05, 3.63) is 71.9 Å². The Bertz CT molecular complexity index is 873. The molecule has 1 amide bonds. The fourth-order valence-electron chi connectivity index (χ4n) is 2.35. The summed E-state index contributed by atoms with van der Waals surface area (Å²) >= 11 is 0. The molecule has 0 unspecified atom stereocenters. The van der Waals surface area contributed by atoms with Crippen molar-refractivity contribution in [2.75, 3.05) is 6.54 Å². The first kappa shape index (κ1) is 15.7. The molecule has 0 saturated heterocycles. The molecular formula is C20H18N2O2. The topological polar surface area (TPSA) is 54.1 Å². The number of nitrogens with one attached hydrogen (secondary N) is 2. The van der Waals surface area contributed by atoms with Crippen molar-refractivity contribution in [2.45, 2.75) is 13.0 Å². The molecule has 1 heterocycles. The highest BCUT2D eigenvalue weighted by Crippen LogP contribution is 2.15. The molecule has 24 heavy (non-hydrogen) atoms. The molecule has 0 radical (unpaired) electrons. The van der Waals surface area contributed by atoms with Crippen molar-refractivity contribution in [1.82, 2.24) is 10.3 Å². The summed E-state index contributed by atoms with van der Waals surface area (Å²) in [6.45, 7) is 0.731. The summed E-state index contributed by atoms with van der Waals surface area (Å²) < 4.78 is 5.14. The number of benzene rings is 2. The van der Waals surface area contributed by atoms with Gasteiger partial charge >= 0.3 is 6.09 Å². The molecule has 0 bridgehead atoms. The Kier molecular flexibility index (Phi) is 5.16. The van der Waals surface area contributed by atoms with Crippen LogP contribution >= 0.6 is 0 Å². The molecule has 0 atom stereocenters. The highest BCUT2D eigenvalue weighted by molar-refractivity contribution is 5.85. The number of alkyl carbamates (subject to hydrolysis) is 1. The Morgan fingerprint density at radius 2 is 1.96 bits per heavy atom. The Morgan fingerprint density at radius 3 is 2.83 bits per heavy atom. The maximum absolute atomic E-state index is 11.6. The van der Waals surface area contributed by atoms with E-state index in [0.29, 0.717) is 13.0 Å². The Balaban J connectivity index is 1.43. The standard InChI is InChI=1S/C20H18N2O2/c23-20(24-15-16-7-2-1-3-8-16)22-13-5-4-9-17-10-6-11-18-12-14-21-19(17)18/h1-3,6-8,10-12,14,21H,5,13,15H2,(H,22,23). The number of amides is 1. The monoisotopic (exact) mass is 318 g/mol. The second-order valence-electron chi connectivity index (χ2n) is 5.29. The van der Waals surface area contributed by atoms with Crippen LogP contribution in [0.3, 0.4) is 0 Å². The van der Waals surface area contributed by atoms with Gasteiger partial charge in [0.1, 0.15) is 6.61 Å². The molecular weight excluding hydrogens is 300 g/mol. The lowest BCUT2D eigenvalue weighted by atomic mass is 10.1. The molecule has 4 heteroatoms. The van der Waals surface area contributed by atoms with E-state index >= 15 is 0 Å². The van der Waals surface area contributed by atoms with Gasteiger partial charge in [-0.15, -0.1) is 0 Å². The summed E-state index contributed by atoms with van der Waals surface area (Å²) in [5, 5.41) is 3.84. The van der Waals surface area contributed by atoms with E-state index in [4.69, 9.17) is 4.74 Å². The second kappa shape index (κ2) is 7.89. The Hall–Kier alpha value is -3.19. The van der Waals surface area contributed by atoms with Gasteiger partial charge in [-0.25, -0.2) is 4.79 Å². The predicted octanol–water partition coefficient (Wildman–Crippen LogP) is 3.84. The third-order valence-electron chi connectivity index (χ3n) is 3.54. The third-order valence-corrected chi connectivity index (χ3v) is 3.54. The Morgan fingerprint density at radius 1 is 1.08 bits per heavy atom. The lowest BCUT2D eigenvalue weighted by Crippen LogP contribution is -2.24. The first-order valence-corrected chi connectivity index (χ1v) is 7.82. The van der Waals surface area contributed by atoms with Crippen molar-refractivity contribution < 1.29 is 9.53 Å². The summed E-state index contributed by atoms with van der Waals surface area (Å²) in [5.41, 5.74) is 2.97. The van der Waals surface area contributed by atoms with Gasteiger partial charge in [0, 0.05) is 30.1 Å². The van der Waals surface area contributed by atoms with Crippen LogP contribution in [0.2, 0.25) is 0 Å². The lowest BCUT2D eigenvalue weighted by Gasteiger charge is -2.05. The van der Waals surface area contributed by atoms with Gasteiger partial charge in [-0.3, -0.25) is 0 Å². The van der Waals surface area contributed by atoms with Crippen LogP contribution in [-0.2, 0) is 11.3 Å². The van der Waals surface area contributed by atoms with Crippen molar-refractivity contribution in [2.24, 2.45) is 0 Å². The summed E-state index contributed by atoms with van der Waals surface area (Å²) in [6.07, 6.45) is 2.05. The van der Waals surface area contributed by atoms with Crippen molar-refractivity contribution in [3.63, 3.8) is 0 Å². The van der Waals surface area contributed by atoms with Gasteiger partial charge in [0.25, 0.3) is 0 Å². The average molecular weight is 318 g/mol. The van der Waals surface area contributed by atoms with Gasteiger partial charge in [0.05, 0.1) is 5.52 Å². The fourth-order valence-corrected chi connectivity index (χ4v) is 2.35. The summed E-state index contributed by atoms with van der Waals surface area (Å²) in [7, 11) is 0. The molecule has 2 N–H and O–H groups in total. The van der Waals surface area contributed by atoms with Crippen molar-refractivity contribution in [1.29, 1.82) is 0 Å². The summed E-state index contributed by atoms with van der Waals surface area (Å²) in [4.78, 5) is 14.8. The quantitative estimate of drug-likeness (QED) is 0.567. The lowest BCUT2D eigenvalue weighted by molar-refractivity contribution is 0.140. The highest BCUT2D eigenvalue weighted by atomic mass is 16.5. The zero-order valence-corrected chi connectivity index (χ0v) is 13.2. The molecule has 0 aliphatic heterocycles. The number of aromatic nitrogens is 1. The van der Waals surface area contributed by atoms with E-state index in [-0.39, 0.29) is 6.61 Å². The van der Waals surface area contributed by atoms with Crippen LogP contribution in [0.25, 0.3) is 10.9 Å². The number of rotatable bonds is 4. The van der Waals surface area contributed by atoms with E-state index in [9.17, 15) is 4.79 Å². The molecule has 0 aliphatic rings. The average Bonchev–Trinajstić information content (AvgIpc) is 3.10. The maximum atomic E-state index is 11.6. The molecule has 0 aliphatic carbocycles. The number of ether oxygens (including phenoxy) is 1. The van der Waals surface area contributed by atoms with E-state index < -0.39 is 6.09 Å². The van der Waals surface area contributed by atoms with Crippen LogP contribution in [0.4, 0.5) is 4.79 Å². The van der Waals surface area contributed by atoms with Gasteiger partial charge in [0.15, 0.2) is 0 Å². The van der Waals surface area contributed by atoms with E-state index in [2.05, 4.69) is 22.1 Å². The molecule has 120 valence electrons. The van der Waals surface area contributed by atoms with E-state index in [0.717, 1.165) is 22.0 Å². The molecule has 3 aromatic rings. The van der Waals surface area contributed by atoms with Gasteiger partial charge in [-0.05, 0) is 17.7 Å². The number of para-hydroxylation sites is 1. The molecule has 0 fully saturated rings. The largest absolute Gasteiger partial charge is 0.445 e. The third kappa shape index (κ3) is 4.17. The minimum Gasteiger partial charge on any atom is -0.445 e. The van der Waals surface area contributed by atoms with Crippen LogP contribution in [-0.4, -0.2) is 17.6 Å². The first-order chi connectivity index (χ1) is 11.8. The Labute approximate surface area is 140 Å². The number of aromatic amines is 1. The van der Waals surface area contributed by atoms with Crippen LogP contribution in [0.5, 0.6) is 0 Å². The summed E-state index contributed by atoms with van der Waals surface area (Å²) in [6, 6.07) is 17.6. The number of carbonyl (C=O) groups excluding carboxylic acids is 1. The molecule has 4 nitrogen and oxygen atoms in total. The van der Waals surface area contributed by atoms with Gasteiger partial charge in [-0.2, -0.15) is 0 Å². The number of H-pyrrole nitrogens is 1. The van der Waals surface area contributed by atoms with Crippen molar-refractivity contribution in [3.8, 4) is 11.8 Å². The first-order valence-electron chi connectivity index (χ1n) is 7.82. The molecule has 2 aromatic carbocycles. The van der Waals surface area contributed by atoms with Gasteiger partial charge in [-0.1, -0.05) is 54.3 Å². The highest BCUT2D eigenvalue weighted by Gasteiger charge is 2.01. The second-order valence-corrected chi connectivity index (χ2v) is 5.29. The SMILES string of the molecule is O=C(NCCC#Cc1cccc2cc[nH]c12)OCc1ccccc1. The number of fused-ring (bicyclic) bond motifs is 1. The predicted molar refractivity (Wildman–Crippen MR) is 94.4 cm³/mol. The van der Waals surface area contributed by atoms with Crippen LogP contribution < -0.4 is 5.32 Å². The number of hydrogen-bond acceptors (Lipinski definition) is 2. The zero-order chi connectivity index (χ0) is 16.6. The van der Waals surface area contributed by atoms with E-state index in [1.165, 1.54) is 0 Å².